The summed E-state index contributed by atoms with van der Waals surface area (Å²) in [7, 11) is 2.12. The van der Waals surface area contributed by atoms with Crippen molar-refractivity contribution in [2.24, 2.45) is 0 Å². The van der Waals surface area contributed by atoms with Crippen LogP contribution in [0.3, 0.4) is 0 Å². The summed E-state index contributed by atoms with van der Waals surface area (Å²) in [5.74, 6) is 0.608. The van der Waals surface area contributed by atoms with E-state index in [0.717, 1.165) is 55.2 Å². The molecule has 1 aromatic carbocycles. The van der Waals surface area contributed by atoms with Gasteiger partial charge in [-0.15, -0.1) is 10.2 Å². The minimum atomic E-state index is -0.221. The molecule has 6 nitrogen and oxygen atoms in total. The van der Waals surface area contributed by atoms with Gasteiger partial charge in [-0.1, -0.05) is 25.1 Å². The van der Waals surface area contributed by atoms with E-state index in [1.165, 1.54) is 0 Å². The van der Waals surface area contributed by atoms with Crippen molar-refractivity contribution in [1.82, 2.24) is 15.1 Å². The topological polar surface area (TPSA) is 61.4 Å². The van der Waals surface area contributed by atoms with Crippen molar-refractivity contribution in [2.45, 2.75) is 20.3 Å². The van der Waals surface area contributed by atoms with Crippen LogP contribution in [-0.4, -0.2) is 54.2 Å². The molecule has 132 valence electrons. The maximum atomic E-state index is 12.5. The molecule has 0 bridgehead atoms. The van der Waals surface area contributed by atoms with E-state index in [1.807, 2.05) is 31.2 Å². The lowest BCUT2D eigenvalue weighted by molar-refractivity contribution is 0.102. The molecule has 25 heavy (non-hydrogen) atoms. The van der Waals surface area contributed by atoms with Crippen LogP contribution in [0.4, 0.5) is 11.5 Å². The average molecular weight is 339 g/mol. The number of aromatic nitrogens is 2. The zero-order valence-corrected chi connectivity index (χ0v) is 15.1. The summed E-state index contributed by atoms with van der Waals surface area (Å²) >= 11 is 0. The lowest BCUT2D eigenvalue weighted by Gasteiger charge is -2.32. The van der Waals surface area contributed by atoms with Crippen LogP contribution < -0.4 is 10.2 Å². The summed E-state index contributed by atoms with van der Waals surface area (Å²) in [4.78, 5) is 17.0. The predicted molar refractivity (Wildman–Crippen MR) is 100 cm³/mol. The molecule has 0 spiro atoms. The highest BCUT2D eigenvalue weighted by Crippen LogP contribution is 2.22. The summed E-state index contributed by atoms with van der Waals surface area (Å²) in [5.41, 5.74) is 3.38. The van der Waals surface area contributed by atoms with Crippen molar-refractivity contribution in [2.75, 3.05) is 43.4 Å². The summed E-state index contributed by atoms with van der Waals surface area (Å²) in [6.07, 6.45) is 0.866. The van der Waals surface area contributed by atoms with Crippen LogP contribution in [-0.2, 0) is 6.42 Å². The quantitative estimate of drug-likeness (QED) is 0.926. The van der Waals surface area contributed by atoms with Crippen LogP contribution in [0.5, 0.6) is 0 Å². The first-order valence-electron chi connectivity index (χ1n) is 8.75. The number of hydrogen-bond acceptors (Lipinski definition) is 5. The highest BCUT2D eigenvalue weighted by molar-refractivity contribution is 6.03. The van der Waals surface area contributed by atoms with Crippen molar-refractivity contribution in [1.29, 1.82) is 0 Å². The molecule has 2 aromatic rings. The fourth-order valence-electron chi connectivity index (χ4n) is 3.03. The number of benzene rings is 1. The number of anilines is 2. The Morgan fingerprint density at radius 2 is 1.88 bits per heavy atom. The van der Waals surface area contributed by atoms with E-state index in [-0.39, 0.29) is 5.91 Å². The number of nitrogens with zero attached hydrogens (tertiary/aromatic N) is 4. The minimum absolute atomic E-state index is 0.221. The van der Waals surface area contributed by atoms with Crippen LogP contribution in [0, 0.1) is 6.92 Å². The SMILES string of the molecule is CCc1cccc(C)c1NC(=O)c1ccc(N2CCN(C)CC2)nn1. The number of carbonyl (C=O) groups excluding carboxylic acids is 1. The molecule has 1 amide bonds. The van der Waals surface area contributed by atoms with Crippen LogP contribution in [0.2, 0.25) is 0 Å². The van der Waals surface area contributed by atoms with Gasteiger partial charge < -0.3 is 15.1 Å². The number of rotatable bonds is 4. The molecule has 6 heteroatoms. The monoisotopic (exact) mass is 339 g/mol. The van der Waals surface area contributed by atoms with Gasteiger partial charge in [0.25, 0.3) is 5.91 Å². The molecule has 0 aliphatic carbocycles. The third-order valence-electron chi connectivity index (χ3n) is 4.69. The molecule has 1 aliphatic rings. The Morgan fingerprint density at radius 1 is 1.12 bits per heavy atom. The van der Waals surface area contributed by atoms with Crippen LogP contribution in [0.25, 0.3) is 0 Å². The molecule has 3 rings (SSSR count). The van der Waals surface area contributed by atoms with Gasteiger partial charge in [-0.2, -0.15) is 0 Å². The molecule has 0 atom stereocenters. The van der Waals surface area contributed by atoms with E-state index in [9.17, 15) is 4.79 Å². The molecule has 1 aliphatic heterocycles. The van der Waals surface area contributed by atoms with Gasteiger partial charge in [0.2, 0.25) is 0 Å². The Morgan fingerprint density at radius 3 is 2.52 bits per heavy atom. The van der Waals surface area contributed by atoms with Gasteiger partial charge in [0.15, 0.2) is 11.5 Å². The lowest BCUT2D eigenvalue weighted by Crippen LogP contribution is -2.44. The summed E-state index contributed by atoms with van der Waals surface area (Å²) in [5, 5.41) is 11.4. The van der Waals surface area contributed by atoms with Crippen molar-refractivity contribution in [3.63, 3.8) is 0 Å². The second-order valence-corrected chi connectivity index (χ2v) is 6.48. The summed E-state index contributed by atoms with van der Waals surface area (Å²) < 4.78 is 0. The largest absolute Gasteiger partial charge is 0.353 e. The second kappa shape index (κ2) is 7.61. The first-order valence-corrected chi connectivity index (χ1v) is 8.75. The van der Waals surface area contributed by atoms with Gasteiger partial charge in [0, 0.05) is 31.9 Å². The third kappa shape index (κ3) is 3.96. The van der Waals surface area contributed by atoms with E-state index < -0.39 is 0 Å². The standard InChI is InChI=1S/C19H25N5O/c1-4-15-7-5-6-14(2)18(15)20-19(25)16-8-9-17(22-21-16)24-12-10-23(3)11-13-24/h5-9H,4,10-13H2,1-3H3,(H,20,25). The summed E-state index contributed by atoms with van der Waals surface area (Å²) in [6.45, 7) is 7.96. The number of para-hydroxylation sites is 1. The first-order chi connectivity index (χ1) is 12.1. The number of aryl methyl sites for hydroxylation is 2. The van der Waals surface area contributed by atoms with Crippen molar-refractivity contribution in [3.8, 4) is 0 Å². The number of piperazine rings is 1. The zero-order chi connectivity index (χ0) is 17.8. The zero-order valence-electron chi connectivity index (χ0n) is 15.1. The van der Waals surface area contributed by atoms with Crippen LogP contribution in [0.15, 0.2) is 30.3 Å². The van der Waals surface area contributed by atoms with E-state index in [2.05, 4.69) is 39.3 Å². The van der Waals surface area contributed by atoms with Crippen LogP contribution >= 0.6 is 0 Å². The van der Waals surface area contributed by atoms with Crippen LogP contribution in [0.1, 0.15) is 28.5 Å². The highest BCUT2D eigenvalue weighted by Gasteiger charge is 2.17. The molecular weight excluding hydrogens is 314 g/mol. The van der Waals surface area contributed by atoms with E-state index in [1.54, 1.807) is 6.07 Å². The van der Waals surface area contributed by atoms with Gasteiger partial charge in [-0.3, -0.25) is 4.79 Å². The molecular formula is C19H25N5O. The second-order valence-electron chi connectivity index (χ2n) is 6.48. The van der Waals surface area contributed by atoms with Gasteiger partial charge in [0.05, 0.1) is 0 Å². The predicted octanol–water partition coefficient (Wildman–Crippen LogP) is 2.35. The number of nitrogens with one attached hydrogen (secondary N) is 1. The summed E-state index contributed by atoms with van der Waals surface area (Å²) in [6, 6.07) is 9.67. The van der Waals surface area contributed by atoms with Gasteiger partial charge in [0.1, 0.15) is 0 Å². The molecule has 0 saturated carbocycles. The van der Waals surface area contributed by atoms with Gasteiger partial charge >= 0.3 is 0 Å². The van der Waals surface area contributed by atoms with Crippen molar-refractivity contribution in [3.05, 3.63) is 47.2 Å². The molecule has 2 heterocycles. The maximum Gasteiger partial charge on any atom is 0.276 e. The molecule has 1 aromatic heterocycles. The third-order valence-corrected chi connectivity index (χ3v) is 4.69. The average Bonchev–Trinajstić information content (AvgIpc) is 2.64. The van der Waals surface area contributed by atoms with Crippen molar-refractivity contribution < 1.29 is 4.79 Å². The molecule has 0 unspecified atom stereocenters. The van der Waals surface area contributed by atoms with Crippen molar-refractivity contribution >= 4 is 17.4 Å². The van der Waals surface area contributed by atoms with E-state index >= 15 is 0 Å². The Bertz CT molecular complexity index is 736. The Balaban J connectivity index is 1.71. The first kappa shape index (κ1) is 17.4. The van der Waals surface area contributed by atoms with Gasteiger partial charge in [-0.05, 0) is 43.7 Å². The number of amides is 1. The Hall–Kier alpha value is -2.47. The molecule has 1 saturated heterocycles. The minimum Gasteiger partial charge on any atom is -0.353 e. The molecule has 1 N–H and O–H groups in total. The fraction of sp³-hybridized carbons (Fsp3) is 0.421. The highest BCUT2D eigenvalue weighted by atomic mass is 16.1. The fourth-order valence-corrected chi connectivity index (χ4v) is 3.03. The molecule has 1 fully saturated rings. The van der Waals surface area contributed by atoms with E-state index in [4.69, 9.17) is 0 Å². The Kier molecular flexibility index (Phi) is 5.28. The number of carbonyl (C=O) groups is 1. The number of hydrogen-bond donors (Lipinski definition) is 1. The Labute approximate surface area is 148 Å². The smallest absolute Gasteiger partial charge is 0.276 e. The lowest BCUT2D eigenvalue weighted by atomic mass is 10.1. The van der Waals surface area contributed by atoms with E-state index in [0.29, 0.717) is 5.69 Å². The normalized spacial score (nSPS) is 15.2. The maximum absolute atomic E-state index is 12.5. The number of likely N-dealkylation sites (N-methyl/N-ethyl adjacent to an activating group) is 1. The van der Waals surface area contributed by atoms with Gasteiger partial charge in [-0.25, -0.2) is 0 Å². The molecule has 0 radical (unpaired) electrons.